The van der Waals surface area contributed by atoms with Crippen LogP contribution in [0.1, 0.15) is 17.2 Å². The van der Waals surface area contributed by atoms with Crippen LogP contribution in [0.3, 0.4) is 0 Å². The Labute approximate surface area is 164 Å². The number of rotatable bonds is 6. The van der Waals surface area contributed by atoms with Crippen molar-refractivity contribution in [3.63, 3.8) is 0 Å². The smallest absolute Gasteiger partial charge is 0.320 e. The van der Waals surface area contributed by atoms with E-state index >= 15 is 0 Å². The van der Waals surface area contributed by atoms with E-state index in [1.54, 1.807) is 16.7 Å². The largest absolute Gasteiger partial charge is 0.468 e. The van der Waals surface area contributed by atoms with Crippen molar-refractivity contribution in [2.24, 2.45) is 0 Å². The number of benzene rings is 2. The molecule has 2 aromatic carbocycles. The van der Waals surface area contributed by atoms with Crippen LogP contribution in [0.15, 0.2) is 60.7 Å². The molecule has 1 aliphatic heterocycles. The highest BCUT2D eigenvalue weighted by Gasteiger charge is 2.29. The molecule has 0 unspecified atom stereocenters. The van der Waals surface area contributed by atoms with Gasteiger partial charge in [-0.15, -0.1) is 11.8 Å². The zero-order valence-electron chi connectivity index (χ0n) is 15.3. The molecule has 1 amide bonds. The predicted octanol–water partition coefficient (Wildman–Crippen LogP) is 2.48. The van der Waals surface area contributed by atoms with Crippen molar-refractivity contribution < 1.29 is 14.3 Å². The van der Waals surface area contributed by atoms with E-state index in [4.69, 9.17) is 4.74 Å². The van der Waals surface area contributed by atoms with Crippen molar-refractivity contribution in [1.82, 2.24) is 10.2 Å². The summed E-state index contributed by atoms with van der Waals surface area (Å²) in [5.74, 6) is 0.477. The topological polar surface area (TPSA) is 58.6 Å². The zero-order valence-corrected chi connectivity index (χ0v) is 16.2. The molecule has 0 aromatic heterocycles. The van der Waals surface area contributed by atoms with Crippen LogP contribution >= 0.6 is 11.8 Å². The van der Waals surface area contributed by atoms with Gasteiger partial charge in [-0.1, -0.05) is 60.7 Å². The van der Waals surface area contributed by atoms with Crippen molar-refractivity contribution in [3.05, 3.63) is 71.8 Å². The molecule has 142 valence electrons. The number of amides is 1. The summed E-state index contributed by atoms with van der Waals surface area (Å²) in [6, 6.07) is 20.1. The molecule has 27 heavy (non-hydrogen) atoms. The van der Waals surface area contributed by atoms with Crippen molar-refractivity contribution in [2.75, 3.05) is 32.5 Å². The first-order valence-corrected chi connectivity index (χ1v) is 10.0. The van der Waals surface area contributed by atoms with Gasteiger partial charge in [0, 0.05) is 18.8 Å². The summed E-state index contributed by atoms with van der Waals surface area (Å²) in [5.41, 5.74) is 2.22. The Balaban J connectivity index is 1.66. The molecule has 2 aromatic rings. The molecule has 0 aliphatic carbocycles. The van der Waals surface area contributed by atoms with E-state index in [0.717, 1.165) is 16.9 Å². The number of methoxy groups -OCH3 is 1. The van der Waals surface area contributed by atoms with E-state index in [1.165, 1.54) is 7.11 Å². The second-order valence-corrected chi connectivity index (χ2v) is 7.67. The highest BCUT2D eigenvalue weighted by atomic mass is 32.2. The summed E-state index contributed by atoms with van der Waals surface area (Å²) >= 11 is 1.55. The number of hydrogen-bond acceptors (Lipinski definition) is 5. The minimum atomic E-state index is -0.299. The van der Waals surface area contributed by atoms with Crippen LogP contribution < -0.4 is 5.32 Å². The maximum atomic E-state index is 12.7. The van der Waals surface area contributed by atoms with Crippen LogP contribution in [0.5, 0.6) is 0 Å². The number of ether oxygens (including phenoxy) is 1. The molecule has 5 nitrogen and oxygen atoms in total. The first kappa shape index (κ1) is 19.5. The highest BCUT2D eigenvalue weighted by Crippen LogP contribution is 2.22. The Bertz CT molecular complexity index is 715. The van der Waals surface area contributed by atoms with Gasteiger partial charge in [0.25, 0.3) is 0 Å². The molecule has 1 saturated heterocycles. The van der Waals surface area contributed by atoms with Gasteiger partial charge >= 0.3 is 5.97 Å². The van der Waals surface area contributed by atoms with Crippen LogP contribution in [-0.4, -0.2) is 54.5 Å². The fourth-order valence-electron chi connectivity index (χ4n) is 3.17. The van der Waals surface area contributed by atoms with Gasteiger partial charge < -0.3 is 9.64 Å². The fourth-order valence-corrected chi connectivity index (χ4v) is 4.30. The molecule has 0 bridgehead atoms. The summed E-state index contributed by atoms with van der Waals surface area (Å²) < 4.78 is 4.82. The summed E-state index contributed by atoms with van der Waals surface area (Å²) in [5, 5.41) is 3.09. The number of hydrogen-bond donors (Lipinski definition) is 1. The van der Waals surface area contributed by atoms with E-state index in [1.807, 2.05) is 36.4 Å². The summed E-state index contributed by atoms with van der Waals surface area (Å²) in [7, 11) is 1.38. The van der Waals surface area contributed by atoms with Gasteiger partial charge in [-0.25, -0.2) is 0 Å². The molecule has 1 atom stereocenters. The molecule has 1 N–H and O–H groups in total. The third-order valence-electron chi connectivity index (χ3n) is 4.61. The number of carbonyl (C=O) groups is 2. The predicted molar refractivity (Wildman–Crippen MR) is 108 cm³/mol. The standard InChI is InChI=1S/C21H24N2O3S/c1-26-21(25)18-15-23(12-13-27-18)19(24)14-22-20(16-8-4-2-5-9-16)17-10-6-3-7-11-17/h2-11,18,20,22H,12-15H2,1H3/t18-/m1/s1. The maximum Gasteiger partial charge on any atom is 0.320 e. The number of carbonyl (C=O) groups excluding carboxylic acids is 2. The Morgan fingerprint density at radius 2 is 1.70 bits per heavy atom. The molecule has 1 heterocycles. The minimum absolute atomic E-state index is 0.000986. The molecule has 3 rings (SSSR count). The molecule has 6 heteroatoms. The Morgan fingerprint density at radius 3 is 2.26 bits per heavy atom. The lowest BCUT2D eigenvalue weighted by Gasteiger charge is -2.31. The van der Waals surface area contributed by atoms with Crippen molar-refractivity contribution in [2.45, 2.75) is 11.3 Å². The quantitative estimate of drug-likeness (QED) is 0.776. The van der Waals surface area contributed by atoms with E-state index in [-0.39, 0.29) is 29.7 Å². The summed E-state index contributed by atoms with van der Waals surface area (Å²) in [6.45, 7) is 1.27. The Hall–Kier alpha value is -2.31. The fraction of sp³-hybridized carbons (Fsp3) is 0.333. The average molecular weight is 385 g/mol. The lowest BCUT2D eigenvalue weighted by Crippen LogP contribution is -2.48. The molecule has 1 fully saturated rings. The maximum absolute atomic E-state index is 12.7. The van der Waals surface area contributed by atoms with Crippen molar-refractivity contribution in [3.8, 4) is 0 Å². The second-order valence-electron chi connectivity index (χ2n) is 6.36. The van der Waals surface area contributed by atoms with Crippen LogP contribution in [0.2, 0.25) is 0 Å². The Kier molecular flexibility index (Phi) is 6.90. The van der Waals surface area contributed by atoms with Gasteiger partial charge in [0.15, 0.2) is 0 Å². The van der Waals surface area contributed by atoms with Crippen molar-refractivity contribution in [1.29, 1.82) is 0 Å². The number of nitrogens with one attached hydrogen (secondary N) is 1. The first-order valence-electron chi connectivity index (χ1n) is 8.99. The van der Waals surface area contributed by atoms with E-state index in [9.17, 15) is 9.59 Å². The van der Waals surface area contributed by atoms with Crippen molar-refractivity contribution >= 4 is 23.6 Å². The normalized spacial score (nSPS) is 17.0. The van der Waals surface area contributed by atoms with Gasteiger partial charge in [0.2, 0.25) is 5.91 Å². The van der Waals surface area contributed by atoms with Gasteiger partial charge in [0.05, 0.1) is 19.7 Å². The number of nitrogens with zero attached hydrogens (tertiary/aromatic N) is 1. The monoisotopic (exact) mass is 384 g/mol. The lowest BCUT2D eigenvalue weighted by atomic mass is 9.99. The minimum Gasteiger partial charge on any atom is -0.468 e. The summed E-state index contributed by atoms with van der Waals surface area (Å²) in [6.07, 6.45) is 0. The van der Waals surface area contributed by atoms with Gasteiger partial charge in [-0.2, -0.15) is 0 Å². The molecular formula is C21H24N2O3S. The van der Waals surface area contributed by atoms with Crippen LogP contribution in [-0.2, 0) is 14.3 Å². The third-order valence-corrected chi connectivity index (χ3v) is 5.77. The highest BCUT2D eigenvalue weighted by molar-refractivity contribution is 8.00. The van der Waals surface area contributed by atoms with Gasteiger partial charge in [-0.3, -0.25) is 14.9 Å². The molecule has 0 saturated carbocycles. The first-order chi connectivity index (χ1) is 13.2. The molecule has 0 radical (unpaired) electrons. The van der Waals surface area contributed by atoms with E-state index < -0.39 is 0 Å². The van der Waals surface area contributed by atoms with E-state index in [0.29, 0.717) is 13.1 Å². The van der Waals surface area contributed by atoms with Crippen LogP contribution in [0, 0.1) is 0 Å². The third kappa shape index (κ3) is 5.11. The van der Waals surface area contributed by atoms with Crippen LogP contribution in [0.25, 0.3) is 0 Å². The second kappa shape index (κ2) is 9.58. The lowest BCUT2D eigenvalue weighted by molar-refractivity contribution is -0.141. The van der Waals surface area contributed by atoms with Crippen LogP contribution in [0.4, 0.5) is 0 Å². The molecule has 0 spiro atoms. The SMILES string of the molecule is COC(=O)[C@H]1CN(C(=O)CNC(c2ccccc2)c2ccccc2)CCS1. The number of esters is 1. The van der Waals surface area contributed by atoms with E-state index in [2.05, 4.69) is 29.6 Å². The average Bonchev–Trinajstić information content (AvgIpc) is 2.74. The van der Waals surface area contributed by atoms with Gasteiger partial charge in [0.1, 0.15) is 5.25 Å². The summed E-state index contributed by atoms with van der Waals surface area (Å²) in [4.78, 5) is 26.2. The Morgan fingerprint density at radius 1 is 1.11 bits per heavy atom. The molecular weight excluding hydrogens is 360 g/mol. The number of thioether (sulfide) groups is 1. The van der Waals surface area contributed by atoms with Gasteiger partial charge in [-0.05, 0) is 11.1 Å². The zero-order chi connectivity index (χ0) is 19.1. The molecule has 1 aliphatic rings.